The molecule has 0 spiro atoms. The second kappa shape index (κ2) is 7.64. The highest BCUT2D eigenvalue weighted by Crippen LogP contribution is 2.36. The Hall–Kier alpha value is -0.740. The fraction of sp³-hybridized carbons (Fsp3) is 0.571. The van der Waals surface area contributed by atoms with Gasteiger partial charge in [-0.1, -0.05) is 13.8 Å². The molecule has 4 heteroatoms. The molecule has 0 radical (unpaired) electrons. The van der Waals surface area contributed by atoms with Gasteiger partial charge in [0.25, 0.3) is 0 Å². The molecular formula is C14H22BrNO2. The standard InChI is InChI=1S/C14H22BrNO2/c1-5-7-16-12(6-2)10-8-14(18-4)11(15)9-13(10)17-3/h8-9,12,16H,5-7H2,1-4H3. The summed E-state index contributed by atoms with van der Waals surface area (Å²) in [7, 11) is 3.38. The minimum Gasteiger partial charge on any atom is -0.496 e. The first-order valence-corrected chi connectivity index (χ1v) is 7.11. The van der Waals surface area contributed by atoms with Gasteiger partial charge in [0, 0.05) is 11.6 Å². The number of ether oxygens (including phenoxy) is 2. The molecule has 0 aliphatic rings. The van der Waals surface area contributed by atoms with Crippen LogP contribution in [-0.2, 0) is 0 Å². The third-order valence-corrected chi connectivity index (χ3v) is 3.55. The molecule has 0 aliphatic heterocycles. The van der Waals surface area contributed by atoms with Gasteiger partial charge in [-0.3, -0.25) is 0 Å². The maximum absolute atomic E-state index is 5.46. The lowest BCUT2D eigenvalue weighted by atomic mass is 10.0. The van der Waals surface area contributed by atoms with Crippen LogP contribution >= 0.6 is 15.9 Å². The highest BCUT2D eigenvalue weighted by molar-refractivity contribution is 9.10. The minimum absolute atomic E-state index is 0.293. The summed E-state index contributed by atoms with van der Waals surface area (Å²) in [6, 6.07) is 4.30. The molecule has 0 aliphatic carbocycles. The van der Waals surface area contributed by atoms with Crippen molar-refractivity contribution in [1.82, 2.24) is 5.32 Å². The summed E-state index contributed by atoms with van der Waals surface area (Å²) in [6.07, 6.45) is 2.13. The fourth-order valence-corrected chi connectivity index (χ4v) is 2.43. The molecule has 1 aromatic carbocycles. The summed E-state index contributed by atoms with van der Waals surface area (Å²) in [5.41, 5.74) is 1.15. The number of hydrogen-bond acceptors (Lipinski definition) is 3. The normalized spacial score (nSPS) is 12.3. The van der Waals surface area contributed by atoms with Gasteiger partial charge in [-0.15, -0.1) is 0 Å². The van der Waals surface area contributed by atoms with Crippen molar-refractivity contribution in [1.29, 1.82) is 0 Å². The van der Waals surface area contributed by atoms with Crippen molar-refractivity contribution in [2.75, 3.05) is 20.8 Å². The number of hydrogen-bond donors (Lipinski definition) is 1. The van der Waals surface area contributed by atoms with Crippen molar-refractivity contribution in [3.63, 3.8) is 0 Å². The van der Waals surface area contributed by atoms with E-state index in [0.717, 1.165) is 40.9 Å². The molecule has 1 N–H and O–H groups in total. The molecule has 0 saturated carbocycles. The van der Waals surface area contributed by atoms with Crippen molar-refractivity contribution >= 4 is 15.9 Å². The molecule has 0 bridgehead atoms. The highest BCUT2D eigenvalue weighted by Gasteiger charge is 2.16. The lowest BCUT2D eigenvalue weighted by Crippen LogP contribution is -2.22. The average molecular weight is 316 g/mol. The largest absolute Gasteiger partial charge is 0.496 e. The molecular weight excluding hydrogens is 294 g/mol. The van der Waals surface area contributed by atoms with E-state index in [-0.39, 0.29) is 0 Å². The molecule has 1 atom stereocenters. The molecule has 0 aromatic heterocycles. The van der Waals surface area contributed by atoms with Crippen molar-refractivity contribution in [3.8, 4) is 11.5 Å². The summed E-state index contributed by atoms with van der Waals surface area (Å²) < 4.78 is 11.7. The predicted molar refractivity (Wildman–Crippen MR) is 78.6 cm³/mol. The zero-order chi connectivity index (χ0) is 13.5. The molecule has 0 saturated heterocycles. The van der Waals surface area contributed by atoms with E-state index in [0.29, 0.717) is 6.04 Å². The van der Waals surface area contributed by atoms with Gasteiger partial charge in [0.15, 0.2) is 0 Å². The zero-order valence-electron chi connectivity index (χ0n) is 11.5. The molecule has 0 fully saturated rings. The quantitative estimate of drug-likeness (QED) is 0.827. The monoisotopic (exact) mass is 315 g/mol. The maximum Gasteiger partial charge on any atom is 0.133 e. The van der Waals surface area contributed by atoms with Gasteiger partial charge in [-0.2, -0.15) is 0 Å². The van der Waals surface area contributed by atoms with E-state index in [9.17, 15) is 0 Å². The first kappa shape index (κ1) is 15.3. The molecule has 1 unspecified atom stereocenters. The molecule has 18 heavy (non-hydrogen) atoms. The van der Waals surface area contributed by atoms with Crippen LogP contribution in [0, 0.1) is 0 Å². The fourth-order valence-electron chi connectivity index (χ4n) is 1.95. The summed E-state index contributed by atoms with van der Waals surface area (Å²) >= 11 is 3.48. The van der Waals surface area contributed by atoms with Crippen molar-refractivity contribution in [2.24, 2.45) is 0 Å². The smallest absolute Gasteiger partial charge is 0.133 e. The molecule has 0 heterocycles. The number of methoxy groups -OCH3 is 2. The Morgan fingerprint density at radius 3 is 2.33 bits per heavy atom. The third kappa shape index (κ3) is 3.62. The predicted octanol–water partition coefficient (Wildman–Crippen LogP) is 3.92. The van der Waals surface area contributed by atoms with Gasteiger partial charge < -0.3 is 14.8 Å². The Labute approximate surface area is 118 Å². The van der Waals surface area contributed by atoms with Crippen molar-refractivity contribution in [2.45, 2.75) is 32.7 Å². The molecule has 1 rings (SSSR count). The van der Waals surface area contributed by atoms with Gasteiger partial charge in [0.1, 0.15) is 11.5 Å². The van der Waals surface area contributed by atoms with Gasteiger partial charge in [-0.25, -0.2) is 0 Å². The minimum atomic E-state index is 0.293. The lowest BCUT2D eigenvalue weighted by molar-refractivity contribution is 0.386. The van der Waals surface area contributed by atoms with Crippen LogP contribution in [0.1, 0.15) is 38.3 Å². The van der Waals surface area contributed by atoms with E-state index in [1.165, 1.54) is 0 Å². The van der Waals surface area contributed by atoms with E-state index in [2.05, 4.69) is 35.1 Å². The number of nitrogens with one attached hydrogen (secondary N) is 1. The first-order chi connectivity index (χ1) is 8.67. The zero-order valence-corrected chi connectivity index (χ0v) is 13.1. The molecule has 1 aromatic rings. The lowest BCUT2D eigenvalue weighted by Gasteiger charge is -2.21. The van der Waals surface area contributed by atoms with Gasteiger partial charge in [0.05, 0.1) is 18.7 Å². The maximum atomic E-state index is 5.46. The van der Waals surface area contributed by atoms with Crippen LogP contribution in [0.5, 0.6) is 11.5 Å². The number of halogens is 1. The summed E-state index contributed by atoms with van der Waals surface area (Å²) in [4.78, 5) is 0. The van der Waals surface area contributed by atoms with E-state index in [1.807, 2.05) is 12.1 Å². The van der Waals surface area contributed by atoms with E-state index >= 15 is 0 Å². The van der Waals surface area contributed by atoms with Crippen LogP contribution in [0.3, 0.4) is 0 Å². The second-order valence-corrected chi connectivity index (χ2v) is 5.00. The Kier molecular flexibility index (Phi) is 6.50. The summed E-state index contributed by atoms with van der Waals surface area (Å²) in [6.45, 7) is 5.33. The molecule has 102 valence electrons. The Morgan fingerprint density at radius 1 is 1.17 bits per heavy atom. The van der Waals surface area contributed by atoms with Crippen LogP contribution in [0.4, 0.5) is 0 Å². The third-order valence-electron chi connectivity index (χ3n) is 2.93. The Bertz CT molecular complexity index is 382. The second-order valence-electron chi connectivity index (χ2n) is 4.14. The van der Waals surface area contributed by atoms with E-state index in [4.69, 9.17) is 9.47 Å². The number of rotatable bonds is 7. The highest BCUT2D eigenvalue weighted by atomic mass is 79.9. The summed E-state index contributed by atoms with van der Waals surface area (Å²) in [5.74, 6) is 1.72. The molecule has 3 nitrogen and oxygen atoms in total. The first-order valence-electron chi connectivity index (χ1n) is 6.32. The Morgan fingerprint density at radius 2 is 1.83 bits per heavy atom. The van der Waals surface area contributed by atoms with Gasteiger partial charge in [0.2, 0.25) is 0 Å². The van der Waals surface area contributed by atoms with Gasteiger partial charge in [-0.05, 0) is 47.4 Å². The summed E-state index contributed by atoms with van der Waals surface area (Å²) in [5, 5.41) is 3.53. The number of benzene rings is 1. The van der Waals surface area contributed by atoms with Crippen LogP contribution in [0.2, 0.25) is 0 Å². The van der Waals surface area contributed by atoms with Crippen LogP contribution in [0.25, 0.3) is 0 Å². The van der Waals surface area contributed by atoms with Crippen LogP contribution in [-0.4, -0.2) is 20.8 Å². The molecule has 0 amide bonds. The topological polar surface area (TPSA) is 30.5 Å². The van der Waals surface area contributed by atoms with Crippen LogP contribution in [0.15, 0.2) is 16.6 Å². The van der Waals surface area contributed by atoms with E-state index in [1.54, 1.807) is 14.2 Å². The van der Waals surface area contributed by atoms with E-state index < -0.39 is 0 Å². The van der Waals surface area contributed by atoms with Crippen LogP contribution < -0.4 is 14.8 Å². The average Bonchev–Trinajstić information content (AvgIpc) is 2.40. The van der Waals surface area contributed by atoms with Crippen molar-refractivity contribution < 1.29 is 9.47 Å². The van der Waals surface area contributed by atoms with Crippen molar-refractivity contribution in [3.05, 3.63) is 22.2 Å². The van der Waals surface area contributed by atoms with Gasteiger partial charge >= 0.3 is 0 Å². The SMILES string of the molecule is CCCNC(CC)c1cc(OC)c(Br)cc1OC. The Balaban J connectivity index is 3.09.